The number of sulfonamides is 1. The van der Waals surface area contributed by atoms with E-state index in [-0.39, 0.29) is 42.3 Å². The summed E-state index contributed by atoms with van der Waals surface area (Å²) in [6.45, 7) is 0.214. The van der Waals surface area contributed by atoms with Gasteiger partial charge in [-0.25, -0.2) is 17.1 Å². The molecule has 0 aliphatic heterocycles. The van der Waals surface area contributed by atoms with Gasteiger partial charge in [0.2, 0.25) is 21.8 Å². The van der Waals surface area contributed by atoms with E-state index < -0.39 is 15.8 Å². The topological polar surface area (TPSA) is 113 Å². The molecular formula is C21H28FN5O4S. The Morgan fingerprint density at radius 1 is 1.19 bits per heavy atom. The number of carbonyl (C=O) groups excluding carboxylic acids is 2. The molecule has 32 heavy (non-hydrogen) atoms. The summed E-state index contributed by atoms with van der Waals surface area (Å²) in [5, 5.41) is 9.77. The quantitative estimate of drug-likeness (QED) is 0.558. The predicted octanol–water partition coefficient (Wildman–Crippen LogP) is 2.12. The zero-order valence-electron chi connectivity index (χ0n) is 18.0. The fraction of sp³-hybridized carbons (Fsp3) is 0.476. The van der Waals surface area contributed by atoms with E-state index >= 15 is 0 Å². The van der Waals surface area contributed by atoms with Gasteiger partial charge in [-0.1, -0.05) is 12.8 Å². The van der Waals surface area contributed by atoms with Gasteiger partial charge in [0, 0.05) is 32.3 Å². The second kappa shape index (κ2) is 10.7. The van der Waals surface area contributed by atoms with E-state index in [9.17, 15) is 22.4 Å². The molecule has 3 rings (SSSR count). The number of hydrogen-bond acceptors (Lipinski definition) is 5. The van der Waals surface area contributed by atoms with E-state index in [2.05, 4.69) is 15.7 Å². The van der Waals surface area contributed by atoms with Gasteiger partial charge in [-0.15, -0.1) is 0 Å². The highest BCUT2D eigenvalue weighted by molar-refractivity contribution is 7.89. The highest BCUT2D eigenvalue weighted by Gasteiger charge is 2.21. The first-order valence-electron chi connectivity index (χ1n) is 10.6. The van der Waals surface area contributed by atoms with Crippen LogP contribution in [0.15, 0.2) is 41.6 Å². The molecule has 1 aliphatic carbocycles. The minimum atomic E-state index is -3.75. The van der Waals surface area contributed by atoms with E-state index in [0.29, 0.717) is 12.1 Å². The van der Waals surface area contributed by atoms with Crippen molar-refractivity contribution in [2.24, 2.45) is 0 Å². The summed E-state index contributed by atoms with van der Waals surface area (Å²) in [5.41, 5.74) is 0.468. The van der Waals surface area contributed by atoms with E-state index in [4.69, 9.17) is 0 Å². The van der Waals surface area contributed by atoms with Crippen molar-refractivity contribution in [3.05, 3.63) is 42.5 Å². The number of rotatable bonds is 10. The van der Waals surface area contributed by atoms with Crippen molar-refractivity contribution in [1.29, 1.82) is 0 Å². The van der Waals surface area contributed by atoms with Crippen LogP contribution in [0.2, 0.25) is 0 Å². The van der Waals surface area contributed by atoms with Crippen LogP contribution in [-0.4, -0.2) is 54.0 Å². The average molecular weight is 466 g/mol. The summed E-state index contributed by atoms with van der Waals surface area (Å²) in [6.07, 6.45) is 7.74. The van der Waals surface area contributed by atoms with Crippen LogP contribution in [0.4, 0.5) is 10.1 Å². The number of hydrogen-bond donors (Lipinski definition) is 2. The third-order valence-electron chi connectivity index (χ3n) is 5.34. The Morgan fingerprint density at radius 3 is 2.56 bits per heavy atom. The van der Waals surface area contributed by atoms with Crippen molar-refractivity contribution in [3.63, 3.8) is 0 Å². The smallest absolute Gasteiger partial charge is 0.242 e. The lowest BCUT2D eigenvalue weighted by atomic mass is 10.2. The van der Waals surface area contributed by atoms with Crippen LogP contribution < -0.4 is 10.6 Å². The predicted molar refractivity (Wildman–Crippen MR) is 117 cm³/mol. The van der Waals surface area contributed by atoms with E-state index in [0.717, 1.165) is 42.1 Å². The minimum absolute atomic E-state index is 0.00441. The fourth-order valence-corrected chi connectivity index (χ4v) is 4.81. The van der Waals surface area contributed by atoms with Gasteiger partial charge in [0.05, 0.1) is 16.8 Å². The molecule has 0 atom stereocenters. The lowest BCUT2D eigenvalue weighted by molar-refractivity contribution is -0.122. The summed E-state index contributed by atoms with van der Waals surface area (Å²) in [6, 6.07) is 4.83. The zero-order chi connectivity index (χ0) is 23.1. The van der Waals surface area contributed by atoms with Crippen LogP contribution in [0, 0.1) is 5.82 Å². The van der Waals surface area contributed by atoms with Crippen LogP contribution in [0.25, 0.3) is 0 Å². The third kappa shape index (κ3) is 6.60. The Hall–Kier alpha value is -2.79. The van der Waals surface area contributed by atoms with Gasteiger partial charge in [-0.05, 0) is 43.5 Å². The minimum Gasteiger partial charge on any atom is -0.352 e. The lowest BCUT2D eigenvalue weighted by Crippen LogP contribution is -2.35. The molecule has 1 fully saturated rings. The first-order chi connectivity index (χ1) is 15.2. The molecule has 11 heteroatoms. The Labute approximate surface area is 187 Å². The molecule has 0 spiro atoms. The van der Waals surface area contributed by atoms with Gasteiger partial charge >= 0.3 is 0 Å². The first-order valence-corrected chi connectivity index (χ1v) is 12.0. The second-order valence-electron chi connectivity index (χ2n) is 7.91. The van der Waals surface area contributed by atoms with Gasteiger partial charge in [0.25, 0.3) is 0 Å². The Balaban J connectivity index is 1.41. The van der Waals surface area contributed by atoms with Crippen LogP contribution in [-0.2, 0) is 26.2 Å². The second-order valence-corrected chi connectivity index (χ2v) is 9.95. The first kappa shape index (κ1) is 23.9. The van der Waals surface area contributed by atoms with E-state index in [1.165, 1.54) is 30.1 Å². The maximum Gasteiger partial charge on any atom is 0.242 e. The van der Waals surface area contributed by atoms with Gasteiger partial charge < -0.3 is 10.6 Å². The monoisotopic (exact) mass is 465 g/mol. The molecule has 0 saturated heterocycles. The molecule has 2 N–H and O–H groups in total. The molecule has 9 nitrogen and oxygen atoms in total. The normalized spacial score (nSPS) is 14.6. The summed E-state index contributed by atoms with van der Waals surface area (Å²) < 4.78 is 40.5. The summed E-state index contributed by atoms with van der Waals surface area (Å²) >= 11 is 0. The molecule has 1 aromatic heterocycles. The average Bonchev–Trinajstić information content (AvgIpc) is 3.40. The van der Waals surface area contributed by atoms with Crippen molar-refractivity contribution in [2.75, 3.05) is 18.9 Å². The number of halogens is 1. The summed E-state index contributed by atoms with van der Waals surface area (Å²) in [5.74, 6) is -0.906. The molecule has 1 saturated carbocycles. The fourth-order valence-electron chi connectivity index (χ4n) is 3.60. The molecule has 1 aromatic carbocycles. The highest BCUT2D eigenvalue weighted by Crippen LogP contribution is 2.18. The Morgan fingerprint density at radius 2 is 1.88 bits per heavy atom. The molecule has 1 aliphatic rings. The maximum absolute atomic E-state index is 13.0. The van der Waals surface area contributed by atoms with Gasteiger partial charge in [-0.3, -0.25) is 14.3 Å². The van der Waals surface area contributed by atoms with Crippen molar-refractivity contribution >= 4 is 27.5 Å². The zero-order valence-corrected chi connectivity index (χ0v) is 18.8. The van der Waals surface area contributed by atoms with Gasteiger partial charge in [0.15, 0.2) is 0 Å². The van der Waals surface area contributed by atoms with E-state index in [1.807, 2.05) is 0 Å². The van der Waals surface area contributed by atoms with Crippen molar-refractivity contribution in [2.45, 2.75) is 56.0 Å². The Bertz CT molecular complexity index is 1030. The Kier molecular flexibility index (Phi) is 7.97. The van der Waals surface area contributed by atoms with Crippen molar-refractivity contribution in [1.82, 2.24) is 19.4 Å². The highest BCUT2D eigenvalue weighted by atomic mass is 32.2. The van der Waals surface area contributed by atoms with Crippen LogP contribution in [0.5, 0.6) is 0 Å². The van der Waals surface area contributed by atoms with E-state index in [1.54, 1.807) is 6.20 Å². The lowest BCUT2D eigenvalue weighted by Gasteiger charge is -2.17. The molecule has 1 heterocycles. The van der Waals surface area contributed by atoms with Crippen LogP contribution in [0.1, 0.15) is 38.5 Å². The summed E-state index contributed by atoms with van der Waals surface area (Å²) in [7, 11) is -2.33. The maximum atomic E-state index is 13.0. The van der Waals surface area contributed by atoms with Gasteiger partial charge in [-0.2, -0.15) is 5.10 Å². The standard InChI is InChI=1S/C21H28FN5O4S/c1-26(32(30,31)19-10-8-16(22)9-11-19)12-4-7-20(28)25-18-13-23-27(14-18)15-21(29)24-17-5-2-3-6-17/h8-11,13-14,17H,2-7,12,15H2,1H3,(H,24,29)(H,25,28). The number of benzene rings is 1. The molecule has 2 amide bonds. The molecule has 0 unspecified atom stereocenters. The molecule has 0 radical (unpaired) electrons. The van der Waals surface area contributed by atoms with Crippen molar-refractivity contribution < 1.29 is 22.4 Å². The number of anilines is 1. The molecular weight excluding hydrogens is 437 g/mol. The number of amides is 2. The summed E-state index contributed by atoms with van der Waals surface area (Å²) in [4.78, 5) is 24.2. The molecule has 174 valence electrons. The van der Waals surface area contributed by atoms with Crippen molar-refractivity contribution in [3.8, 4) is 0 Å². The van der Waals surface area contributed by atoms with Gasteiger partial charge in [0.1, 0.15) is 12.4 Å². The number of nitrogens with zero attached hydrogens (tertiary/aromatic N) is 3. The SMILES string of the molecule is CN(CCCC(=O)Nc1cnn(CC(=O)NC2CCCC2)c1)S(=O)(=O)c1ccc(F)cc1. The van der Waals surface area contributed by atoms with Crippen LogP contribution >= 0.6 is 0 Å². The molecule has 2 aromatic rings. The number of aromatic nitrogens is 2. The number of carbonyl (C=O) groups is 2. The molecule has 0 bridgehead atoms. The largest absolute Gasteiger partial charge is 0.352 e. The third-order valence-corrected chi connectivity index (χ3v) is 7.21. The number of nitrogens with one attached hydrogen (secondary N) is 2. The van der Waals surface area contributed by atoms with Crippen LogP contribution in [0.3, 0.4) is 0 Å².